The Kier molecular flexibility index (Phi) is 4.40. The highest BCUT2D eigenvalue weighted by molar-refractivity contribution is 5.74. The second-order valence-electron chi connectivity index (χ2n) is 3.75. The predicted octanol–water partition coefficient (Wildman–Crippen LogP) is 1.85. The fourth-order valence-electron chi connectivity index (χ4n) is 1.50. The van der Waals surface area contributed by atoms with Crippen LogP contribution in [0.3, 0.4) is 0 Å². The van der Waals surface area contributed by atoms with Gasteiger partial charge in [-0.2, -0.15) is 10.5 Å². The average Bonchev–Trinajstić information content (AvgIpc) is 2.98. The number of allylic oxidation sites excluding steroid dienone is 1. The summed E-state index contributed by atoms with van der Waals surface area (Å²) in [7, 11) is 0. The van der Waals surface area contributed by atoms with E-state index in [9.17, 15) is 8.78 Å². The van der Waals surface area contributed by atoms with Gasteiger partial charge in [-0.3, -0.25) is 0 Å². The lowest BCUT2D eigenvalue weighted by Crippen LogP contribution is -2.00. The molecular formula is C12H10F2N6O. The molecule has 0 fully saturated rings. The molecule has 0 aliphatic rings. The van der Waals surface area contributed by atoms with Crippen molar-refractivity contribution in [3.8, 4) is 11.8 Å². The van der Waals surface area contributed by atoms with E-state index >= 15 is 0 Å². The number of ether oxygens (including phenoxy) is 1. The molecule has 0 saturated carbocycles. The van der Waals surface area contributed by atoms with Crippen LogP contribution in [0.4, 0.5) is 14.5 Å². The number of aromatic amines is 1. The lowest BCUT2D eigenvalue weighted by molar-refractivity contribution is 0.303. The minimum Gasteiger partial charge on any atom is -0.488 e. The number of nitrogens with one attached hydrogen (secondary N) is 2. The third kappa shape index (κ3) is 3.30. The molecule has 0 amide bonds. The number of nitriles is 1. The Balaban J connectivity index is 2.22. The van der Waals surface area contributed by atoms with Crippen LogP contribution in [-0.2, 0) is 0 Å². The van der Waals surface area contributed by atoms with Crippen molar-refractivity contribution in [2.45, 2.75) is 6.92 Å². The fraction of sp³-hybridized carbons (Fsp3) is 0.167. The molecule has 0 unspecified atom stereocenters. The van der Waals surface area contributed by atoms with Gasteiger partial charge in [0.05, 0.1) is 6.61 Å². The second kappa shape index (κ2) is 6.42. The number of halogens is 2. The van der Waals surface area contributed by atoms with Gasteiger partial charge >= 0.3 is 0 Å². The summed E-state index contributed by atoms with van der Waals surface area (Å²) in [6.07, 6.45) is 1.22. The molecule has 0 aliphatic heterocycles. The lowest BCUT2D eigenvalue weighted by atomic mass is 10.2. The molecular weight excluding hydrogens is 282 g/mol. The summed E-state index contributed by atoms with van der Waals surface area (Å²) in [5.74, 6) is -2.06. The van der Waals surface area contributed by atoms with Gasteiger partial charge in [0, 0.05) is 24.0 Å². The number of hydrogen-bond donors (Lipinski definition) is 2. The Bertz CT molecular complexity index is 669. The van der Waals surface area contributed by atoms with Gasteiger partial charge in [-0.1, -0.05) is 0 Å². The first-order valence-electron chi connectivity index (χ1n) is 5.88. The van der Waals surface area contributed by atoms with Gasteiger partial charge in [0.25, 0.3) is 0 Å². The van der Waals surface area contributed by atoms with Crippen LogP contribution in [0.15, 0.2) is 18.3 Å². The Morgan fingerprint density at radius 1 is 1.48 bits per heavy atom. The maximum atomic E-state index is 13.6. The highest BCUT2D eigenvalue weighted by atomic mass is 19.1. The quantitative estimate of drug-likeness (QED) is 0.816. The summed E-state index contributed by atoms with van der Waals surface area (Å²) in [6, 6.07) is 3.94. The molecule has 2 aromatic rings. The predicted molar refractivity (Wildman–Crippen MR) is 68.9 cm³/mol. The molecule has 0 bridgehead atoms. The Labute approximate surface area is 118 Å². The summed E-state index contributed by atoms with van der Waals surface area (Å²) in [5.41, 5.74) is 0.170. The van der Waals surface area contributed by atoms with Crippen LogP contribution in [0.25, 0.3) is 5.57 Å². The summed E-state index contributed by atoms with van der Waals surface area (Å²) in [4.78, 5) is 0. The molecule has 2 N–H and O–H groups in total. The number of aromatic nitrogens is 4. The third-order valence-electron chi connectivity index (χ3n) is 2.38. The van der Waals surface area contributed by atoms with E-state index < -0.39 is 17.4 Å². The van der Waals surface area contributed by atoms with E-state index in [1.165, 1.54) is 6.20 Å². The molecule has 2 rings (SSSR count). The SMILES string of the molecule is CCOc1c(F)cc(NC=C(C#N)c2nn[nH]n2)cc1F. The minimum atomic E-state index is -0.842. The van der Waals surface area contributed by atoms with E-state index in [2.05, 4.69) is 25.9 Å². The molecule has 1 aromatic heterocycles. The number of H-pyrrole nitrogens is 1. The van der Waals surface area contributed by atoms with Crippen LogP contribution >= 0.6 is 0 Å². The van der Waals surface area contributed by atoms with Crippen molar-refractivity contribution in [1.82, 2.24) is 20.6 Å². The number of hydrogen-bond acceptors (Lipinski definition) is 6. The smallest absolute Gasteiger partial charge is 0.216 e. The molecule has 0 atom stereocenters. The van der Waals surface area contributed by atoms with Gasteiger partial charge in [0.1, 0.15) is 11.6 Å². The van der Waals surface area contributed by atoms with Gasteiger partial charge in [0.2, 0.25) is 5.82 Å². The van der Waals surface area contributed by atoms with Crippen molar-refractivity contribution in [3.05, 3.63) is 35.8 Å². The molecule has 1 heterocycles. The topological polar surface area (TPSA) is 99.5 Å². The summed E-state index contributed by atoms with van der Waals surface area (Å²) in [5, 5.41) is 24.3. The zero-order chi connectivity index (χ0) is 15.2. The maximum absolute atomic E-state index is 13.6. The van der Waals surface area contributed by atoms with E-state index in [1.807, 2.05) is 6.07 Å². The van der Waals surface area contributed by atoms with Crippen molar-refractivity contribution in [2.75, 3.05) is 11.9 Å². The molecule has 0 spiro atoms. The third-order valence-corrected chi connectivity index (χ3v) is 2.38. The van der Waals surface area contributed by atoms with Crippen molar-refractivity contribution in [1.29, 1.82) is 5.26 Å². The molecule has 0 saturated heterocycles. The van der Waals surface area contributed by atoms with E-state index in [0.29, 0.717) is 0 Å². The number of rotatable bonds is 5. The van der Waals surface area contributed by atoms with Gasteiger partial charge in [-0.05, 0) is 12.1 Å². The molecule has 9 heteroatoms. The van der Waals surface area contributed by atoms with Crippen molar-refractivity contribution >= 4 is 11.3 Å². The Morgan fingerprint density at radius 2 is 2.19 bits per heavy atom. The average molecular weight is 292 g/mol. The van der Waals surface area contributed by atoms with Crippen LogP contribution in [-0.4, -0.2) is 27.2 Å². The van der Waals surface area contributed by atoms with E-state index in [1.54, 1.807) is 6.92 Å². The normalized spacial score (nSPS) is 11.0. The lowest BCUT2D eigenvalue weighted by Gasteiger charge is -2.08. The highest BCUT2D eigenvalue weighted by Gasteiger charge is 2.12. The van der Waals surface area contributed by atoms with E-state index in [-0.39, 0.29) is 23.7 Å². The zero-order valence-corrected chi connectivity index (χ0v) is 10.9. The van der Waals surface area contributed by atoms with Crippen LogP contribution in [0, 0.1) is 23.0 Å². The van der Waals surface area contributed by atoms with E-state index in [0.717, 1.165) is 12.1 Å². The van der Waals surface area contributed by atoms with Crippen LogP contribution < -0.4 is 10.1 Å². The van der Waals surface area contributed by atoms with Gasteiger partial charge < -0.3 is 10.1 Å². The first kappa shape index (κ1) is 14.4. The van der Waals surface area contributed by atoms with Gasteiger partial charge in [0.15, 0.2) is 17.4 Å². The molecule has 0 radical (unpaired) electrons. The monoisotopic (exact) mass is 292 g/mol. The van der Waals surface area contributed by atoms with Crippen molar-refractivity contribution < 1.29 is 13.5 Å². The second-order valence-corrected chi connectivity index (χ2v) is 3.75. The molecule has 0 aliphatic carbocycles. The molecule has 1 aromatic carbocycles. The van der Waals surface area contributed by atoms with Crippen LogP contribution in [0.2, 0.25) is 0 Å². The minimum absolute atomic E-state index is 0.0541. The van der Waals surface area contributed by atoms with Crippen molar-refractivity contribution in [3.63, 3.8) is 0 Å². The number of nitrogens with zero attached hydrogens (tertiary/aromatic N) is 4. The Morgan fingerprint density at radius 3 is 2.71 bits per heavy atom. The fourth-order valence-corrected chi connectivity index (χ4v) is 1.50. The number of tetrazole rings is 1. The first-order chi connectivity index (χ1) is 10.2. The Hall–Kier alpha value is -3.02. The van der Waals surface area contributed by atoms with Crippen LogP contribution in [0.5, 0.6) is 5.75 Å². The molecule has 21 heavy (non-hydrogen) atoms. The van der Waals surface area contributed by atoms with Gasteiger partial charge in [-0.15, -0.1) is 10.2 Å². The standard InChI is InChI=1S/C12H10F2N6O/c1-2-21-11-9(13)3-8(4-10(11)14)16-6-7(5-15)12-17-19-20-18-12/h3-4,6,16H,2H2,1H3,(H,17,18,19,20). The van der Waals surface area contributed by atoms with Gasteiger partial charge in [-0.25, -0.2) is 8.78 Å². The molecule has 7 nitrogen and oxygen atoms in total. The van der Waals surface area contributed by atoms with Crippen LogP contribution in [0.1, 0.15) is 12.7 Å². The number of benzene rings is 1. The molecule has 108 valence electrons. The maximum Gasteiger partial charge on any atom is 0.216 e. The zero-order valence-electron chi connectivity index (χ0n) is 10.9. The highest BCUT2D eigenvalue weighted by Crippen LogP contribution is 2.26. The number of anilines is 1. The largest absolute Gasteiger partial charge is 0.488 e. The summed E-state index contributed by atoms with van der Waals surface area (Å²) >= 11 is 0. The first-order valence-corrected chi connectivity index (χ1v) is 5.88. The van der Waals surface area contributed by atoms with E-state index in [4.69, 9.17) is 10.00 Å². The van der Waals surface area contributed by atoms with Crippen molar-refractivity contribution in [2.24, 2.45) is 0 Å². The summed E-state index contributed by atoms with van der Waals surface area (Å²) in [6.45, 7) is 1.77. The summed E-state index contributed by atoms with van der Waals surface area (Å²) < 4.78 is 32.1.